The largest absolute Gasteiger partial charge is 0.398 e. The Kier molecular flexibility index (Phi) is 5.93. The first kappa shape index (κ1) is 18.4. The lowest BCUT2D eigenvalue weighted by Gasteiger charge is -2.11. The van der Waals surface area contributed by atoms with Gasteiger partial charge in [0.25, 0.3) is 5.91 Å². The first-order chi connectivity index (χ1) is 11.2. The Bertz CT molecular complexity index is 698. The lowest BCUT2D eigenvalue weighted by Crippen LogP contribution is -2.14. The van der Waals surface area contributed by atoms with Crippen molar-refractivity contribution in [2.75, 3.05) is 11.1 Å². The number of aromatic amines is 1. The molecule has 2 rings (SSSR count). The van der Waals surface area contributed by atoms with E-state index in [0.717, 1.165) is 12.1 Å². The standard InChI is InChI=1S/C16H18F3N3OS/c1-10(2)7-11-8-13(22-21-11)15(23)20-12-5-3-4-6-14(12)24-9-16(17,18)19/h3-6,8,10H,7,9H2,1-2H3,(H,20,23)(H,21,22). The molecule has 1 amide bonds. The van der Waals surface area contributed by atoms with Gasteiger partial charge in [0.2, 0.25) is 0 Å². The molecule has 1 aromatic carbocycles. The number of para-hydroxylation sites is 1. The van der Waals surface area contributed by atoms with Gasteiger partial charge in [0, 0.05) is 10.6 Å². The molecule has 2 aromatic rings. The molecule has 0 aliphatic carbocycles. The van der Waals surface area contributed by atoms with Crippen LogP contribution >= 0.6 is 11.8 Å². The van der Waals surface area contributed by atoms with Crippen molar-refractivity contribution in [2.24, 2.45) is 5.92 Å². The molecule has 130 valence electrons. The summed E-state index contributed by atoms with van der Waals surface area (Å²) in [6.45, 7) is 4.10. The second kappa shape index (κ2) is 7.74. The normalized spacial score (nSPS) is 11.8. The molecule has 2 N–H and O–H groups in total. The number of benzene rings is 1. The Balaban J connectivity index is 2.07. The zero-order valence-electron chi connectivity index (χ0n) is 13.3. The summed E-state index contributed by atoms with van der Waals surface area (Å²) < 4.78 is 37.2. The molecule has 0 saturated carbocycles. The molecule has 8 heteroatoms. The van der Waals surface area contributed by atoms with Crippen LogP contribution in [0.4, 0.5) is 18.9 Å². The second-order valence-electron chi connectivity index (χ2n) is 5.73. The third-order valence-corrected chi connectivity index (χ3v) is 4.16. The van der Waals surface area contributed by atoms with Crippen LogP contribution in [-0.2, 0) is 6.42 Å². The number of carbonyl (C=O) groups is 1. The lowest BCUT2D eigenvalue weighted by molar-refractivity contribution is -0.105. The summed E-state index contributed by atoms with van der Waals surface area (Å²) >= 11 is 0.637. The van der Waals surface area contributed by atoms with E-state index in [9.17, 15) is 18.0 Å². The van der Waals surface area contributed by atoms with Crippen molar-refractivity contribution >= 4 is 23.4 Å². The molecule has 1 aromatic heterocycles. The van der Waals surface area contributed by atoms with Gasteiger partial charge >= 0.3 is 6.18 Å². The Morgan fingerprint density at radius 2 is 2.04 bits per heavy atom. The number of anilines is 1. The maximum atomic E-state index is 12.4. The highest BCUT2D eigenvalue weighted by Gasteiger charge is 2.27. The highest BCUT2D eigenvalue weighted by Crippen LogP contribution is 2.32. The van der Waals surface area contributed by atoms with Gasteiger partial charge in [-0.25, -0.2) is 0 Å². The number of carbonyl (C=O) groups excluding carboxylic acids is 1. The van der Waals surface area contributed by atoms with Crippen LogP contribution in [0.3, 0.4) is 0 Å². The number of amides is 1. The molecule has 0 fully saturated rings. The number of H-pyrrole nitrogens is 1. The number of hydrogen-bond donors (Lipinski definition) is 2. The van der Waals surface area contributed by atoms with Crippen LogP contribution in [0, 0.1) is 5.92 Å². The van der Waals surface area contributed by atoms with Crippen LogP contribution in [0.2, 0.25) is 0 Å². The van der Waals surface area contributed by atoms with Crippen LogP contribution < -0.4 is 5.32 Å². The summed E-state index contributed by atoms with van der Waals surface area (Å²) in [4.78, 5) is 12.6. The van der Waals surface area contributed by atoms with Crippen molar-refractivity contribution < 1.29 is 18.0 Å². The number of aromatic nitrogens is 2. The van der Waals surface area contributed by atoms with Gasteiger partial charge in [-0.15, -0.1) is 11.8 Å². The lowest BCUT2D eigenvalue weighted by atomic mass is 10.1. The summed E-state index contributed by atoms with van der Waals surface area (Å²) in [5, 5.41) is 9.38. The van der Waals surface area contributed by atoms with E-state index >= 15 is 0 Å². The molecule has 0 aliphatic heterocycles. The van der Waals surface area contributed by atoms with Gasteiger partial charge in [-0.2, -0.15) is 18.3 Å². The predicted octanol–water partition coefficient (Wildman–Crippen LogP) is 4.51. The highest BCUT2D eigenvalue weighted by atomic mass is 32.2. The zero-order chi connectivity index (χ0) is 17.7. The zero-order valence-corrected chi connectivity index (χ0v) is 14.1. The monoisotopic (exact) mass is 357 g/mol. The van der Waals surface area contributed by atoms with E-state index in [0.29, 0.717) is 28.3 Å². The maximum Gasteiger partial charge on any atom is 0.398 e. The Morgan fingerprint density at radius 1 is 1.33 bits per heavy atom. The number of thioether (sulfide) groups is 1. The summed E-state index contributed by atoms with van der Waals surface area (Å²) in [5.41, 5.74) is 1.39. The SMILES string of the molecule is CC(C)Cc1cc(C(=O)Nc2ccccc2SCC(F)(F)F)n[nH]1. The fraction of sp³-hybridized carbons (Fsp3) is 0.375. The van der Waals surface area contributed by atoms with Crippen molar-refractivity contribution in [1.82, 2.24) is 10.2 Å². The van der Waals surface area contributed by atoms with E-state index in [1.807, 2.05) is 0 Å². The predicted molar refractivity (Wildman–Crippen MR) is 88.3 cm³/mol. The van der Waals surface area contributed by atoms with E-state index in [4.69, 9.17) is 0 Å². The van der Waals surface area contributed by atoms with E-state index in [1.54, 1.807) is 30.3 Å². The Labute approximate surface area is 142 Å². The first-order valence-electron chi connectivity index (χ1n) is 7.39. The molecular weight excluding hydrogens is 339 g/mol. The van der Waals surface area contributed by atoms with E-state index in [-0.39, 0.29) is 5.69 Å². The maximum absolute atomic E-state index is 12.4. The molecule has 24 heavy (non-hydrogen) atoms. The Hall–Kier alpha value is -1.96. The topological polar surface area (TPSA) is 57.8 Å². The molecule has 0 saturated heterocycles. The van der Waals surface area contributed by atoms with Gasteiger partial charge < -0.3 is 5.32 Å². The Morgan fingerprint density at radius 3 is 2.71 bits per heavy atom. The second-order valence-corrected chi connectivity index (χ2v) is 6.75. The van der Waals surface area contributed by atoms with Crippen molar-refractivity contribution in [3.63, 3.8) is 0 Å². The quantitative estimate of drug-likeness (QED) is 0.748. The minimum Gasteiger partial charge on any atom is -0.320 e. The summed E-state index contributed by atoms with van der Waals surface area (Å²) in [6, 6.07) is 8.05. The third-order valence-electron chi connectivity index (χ3n) is 3.02. The summed E-state index contributed by atoms with van der Waals surface area (Å²) in [6.07, 6.45) is -3.51. The van der Waals surface area contributed by atoms with Crippen molar-refractivity contribution in [3.8, 4) is 0 Å². The van der Waals surface area contributed by atoms with Gasteiger partial charge in [0.05, 0.1) is 11.4 Å². The van der Waals surface area contributed by atoms with Crippen molar-refractivity contribution in [1.29, 1.82) is 0 Å². The van der Waals surface area contributed by atoms with Crippen LogP contribution in [0.15, 0.2) is 35.2 Å². The van der Waals surface area contributed by atoms with Gasteiger partial charge in [-0.05, 0) is 30.5 Å². The number of nitrogens with zero attached hydrogens (tertiary/aromatic N) is 1. The van der Waals surface area contributed by atoms with E-state index < -0.39 is 17.8 Å². The van der Waals surface area contributed by atoms with Gasteiger partial charge in [0.15, 0.2) is 5.69 Å². The average molecular weight is 357 g/mol. The first-order valence-corrected chi connectivity index (χ1v) is 8.37. The minimum atomic E-state index is -4.27. The van der Waals surface area contributed by atoms with Crippen molar-refractivity contribution in [3.05, 3.63) is 41.7 Å². The van der Waals surface area contributed by atoms with Crippen LogP contribution in [0.5, 0.6) is 0 Å². The number of alkyl halides is 3. The summed E-state index contributed by atoms with van der Waals surface area (Å²) in [5.74, 6) is -1.05. The van der Waals surface area contributed by atoms with Crippen LogP contribution in [0.1, 0.15) is 30.0 Å². The number of hydrogen-bond acceptors (Lipinski definition) is 3. The van der Waals surface area contributed by atoms with Crippen LogP contribution in [0.25, 0.3) is 0 Å². The molecule has 0 atom stereocenters. The highest BCUT2D eigenvalue weighted by molar-refractivity contribution is 7.99. The molecule has 0 bridgehead atoms. The smallest absolute Gasteiger partial charge is 0.320 e. The van der Waals surface area contributed by atoms with Crippen molar-refractivity contribution in [2.45, 2.75) is 31.3 Å². The molecule has 0 aliphatic rings. The molecular formula is C16H18F3N3OS. The molecule has 4 nitrogen and oxygen atoms in total. The average Bonchev–Trinajstić information content (AvgIpc) is 2.93. The van der Waals surface area contributed by atoms with E-state index in [1.165, 1.54) is 0 Å². The molecule has 0 radical (unpaired) electrons. The number of halogens is 3. The van der Waals surface area contributed by atoms with Gasteiger partial charge in [-0.3, -0.25) is 9.89 Å². The van der Waals surface area contributed by atoms with E-state index in [2.05, 4.69) is 29.4 Å². The molecule has 0 spiro atoms. The molecule has 1 heterocycles. The number of rotatable bonds is 6. The molecule has 0 unspecified atom stereocenters. The number of nitrogens with one attached hydrogen (secondary N) is 2. The summed E-state index contributed by atoms with van der Waals surface area (Å²) in [7, 11) is 0. The van der Waals surface area contributed by atoms with Gasteiger partial charge in [-0.1, -0.05) is 26.0 Å². The van der Waals surface area contributed by atoms with Crippen LogP contribution in [-0.4, -0.2) is 28.0 Å². The third kappa shape index (κ3) is 5.59. The fourth-order valence-corrected chi connectivity index (χ4v) is 2.83. The van der Waals surface area contributed by atoms with Gasteiger partial charge in [0.1, 0.15) is 0 Å². The minimum absolute atomic E-state index is 0.210. The fourth-order valence-electron chi connectivity index (χ4n) is 2.06.